The summed E-state index contributed by atoms with van der Waals surface area (Å²) in [5.41, 5.74) is 0. The van der Waals surface area contributed by atoms with Gasteiger partial charge in [0.25, 0.3) is 5.91 Å². The van der Waals surface area contributed by atoms with Gasteiger partial charge in [-0.25, -0.2) is 0 Å². The molecular formula is C14H18BrN3O2S. The summed E-state index contributed by atoms with van der Waals surface area (Å²) in [6.45, 7) is 3.83. The number of nitrogens with one attached hydrogen (secondary N) is 1. The first kappa shape index (κ1) is 15.0. The molecule has 1 atom stereocenters. The number of amides is 2. The number of carbonyl (C=O) groups is 2. The molecule has 2 saturated heterocycles. The van der Waals surface area contributed by atoms with E-state index in [0.717, 1.165) is 42.8 Å². The number of rotatable bonds is 2. The van der Waals surface area contributed by atoms with Gasteiger partial charge >= 0.3 is 0 Å². The van der Waals surface area contributed by atoms with Crippen molar-refractivity contribution in [1.82, 2.24) is 15.1 Å². The molecule has 3 rings (SSSR count). The number of piperazine rings is 1. The van der Waals surface area contributed by atoms with Crippen molar-refractivity contribution in [2.24, 2.45) is 0 Å². The number of hydrogen-bond donors (Lipinski definition) is 1. The summed E-state index contributed by atoms with van der Waals surface area (Å²) in [6.07, 6.45) is 1.68. The van der Waals surface area contributed by atoms with Crippen LogP contribution in [0.15, 0.2) is 15.9 Å². The zero-order valence-electron chi connectivity index (χ0n) is 11.7. The maximum Gasteiger partial charge on any atom is 0.264 e. The lowest BCUT2D eigenvalue weighted by molar-refractivity contribution is -0.135. The van der Waals surface area contributed by atoms with Gasteiger partial charge in [0, 0.05) is 32.7 Å². The zero-order valence-corrected chi connectivity index (χ0v) is 14.1. The van der Waals surface area contributed by atoms with E-state index in [-0.39, 0.29) is 17.9 Å². The smallest absolute Gasteiger partial charge is 0.264 e. The molecule has 21 heavy (non-hydrogen) atoms. The topological polar surface area (TPSA) is 52.7 Å². The monoisotopic (exact) mass is 371 g/mol. The van der Waals surface area contributed by atoms with E-state index >= 15 is 0 Å². The first-order valence-corrected chi connectivity index (χ1v) is 8.83. The fourth-order valence-corrected chi connectivity index (χ4v) is 4.28. The fraction of sp³-hybridized carbons (Fsp3) is 0.571. The summed E-state index contributed by atoms with van der Waals surface area (Å²) >= 11 is 4.80. The van der Waals surface area contributed by atoms with Crippen LogP contribution in [-0.4, -0.2) is 60.4 Å². The molecule has 2 aliphatic heterocycles. The normalized spacial score (nSPS) is 22.6. The standard InChI is InChI=1S/C14H18BrN3O2S/c15-12-4-3-11(21-12)14(20)18-7-1-2-10(18)13(19)17-8-5-16-6-9-17/h3-4,10,16H,1-2,5-9H2. The van der Waals surface area contributed by atoms with Gasteiger partial charge in [-0.15, -0.1) is 11.3 Å². The Morgan fingerprint density at radius 1 is 1.24 bits per heavy atom. The average Bonchev–Trinajstić information content (AvgIpc) is 3.15. The quantitative estimate of drug-likeness (QED) is 0.857. The summed E-state index contributed by atoms with van der Waals surface area (Å²) in [5.74, 6) is 0.0923. The molecule has 1 aromatic rings. The summed E-state index contributed by atoms with van der Waals surface area (Å²) in [7, 11) is 0. The Morgan fingerprint density at radius 3 is 2.67 bits per heavy atom. The molecule has 1 unspecified atom stereocenters. The van der Waals surface area contributed by atoms with Crippen LogP contribution >= 0.6 is 27.3 Å². The highest BCUT2D eigenvalue weighted by atomic mass is 79.9. The third-order valence-electron chi connectivity index (χ3n) is 4.01. The van der Waals surface area contributed by atoms with E-state index < -0.39 is 0 Å². The number of thiophene rings is 1. The third kappa shape index (κ3) is 3.14. The van der Waals surface area contributed by atoms with E-state index in [4.69, 9.17) is 0 Å². The van der Waals surface area contributed by atoms with E-state index in [1.54, 1.807) is 4.90 Å². The van der Waals surface area contributed by atoms with Crippen molar-refractivity contribution in [3.8, 4) is 0 Å². The van der Waals surface area contributed by atoms with Crippen LogP contribution in [0.2, 0.25) is 0 Å². The van der Waals surface area contributed by atoms with Gasteiger partial charge in [-0.3, -0.25) is 9.59 Å². The molecule has 2 fully saturated rings. The molecule has 2 aliphatic rings. The summed E-state index contributed by atoms with van der Waals surface area (Å²) in [6, 6.07) is 3.42. The third-order valence-corrected chi connectivity index (χ3v) is 5.62. The Morgan fingerprint density at radius 2 is 2.00 bits per heavy atom. The van der Waals surface area contributed by atoms with E-state index in [1.165, 1.54) is 11.3 Å². The summed E-state index contributed by atoms with van der Waals surface area (Å²) in [5, 5.41) is 3.24. The van der Waals surface area contributed by atoms with Crippen LogP contribution in [0.25, 0.3) is 0 Å². The molecule has 0 aliphatic carbocycles. The van der Waals surface area contributed by atoms with Crippen molar-refractivity contribution in [1.29, 1.82) is 0 Å². The van der Waals surface area contributed by atoms with Crippen molar-refractivity contribution in [2.45, 2.75) is 18.9 Å². The van der Waals surface area contributed by atoms with Crippen LogP contribution < -0.4 is 5.32 Å². The second-order valence-electron chi connectivity index (χ2n) is 5.34. The lowest BCUT2D eigenvalue weighted by Crippen LogP contribution is -2.53. The molecule has 1 aromatic heterocycles. The van der Waals surface area contributed by atoms with E-state index in [9.17, 15) is 9.59 Å². The van der Waals surface area contributed by atoms with Crippen LogP contribution in [0, 0.1) is 0 Å². The predicted molar refractivity (Wildman–Crippen MR) is 85.5 cm³/mol. The molecule has 0 bridgehead atoms. The highest BCUT2D eigenvalue weighted by Gasteiger charge is 2.37. The first-order valence-electron chi connectivity index (χ1n) is 7.22. The van der Waals surface area contributed by atoms with Crippen LogP contribution in [-0.2, 0) is 4.79 Å². The minimum atomic E-state index is -0.281. The van der Waals surface area contributed by atoms with Crippen LogP contribution in [0.5, 0.6) is 0 Å². The molecule has 5 nitrogen and oxygen atoms in total. The van der Waals surface area contributed by atoms with Crippen molar-refractivity contribution >= 4 is 39.1 Å². The molecule has 1 N–H and O–H groups in total. The van der Waals surface area contributed by atoms with Crippen LogP contribution in [0.4, 0.5) is 0 Å². The fourth-order valence-electron chi connectivity index (χ4n) is 2.93. The molecule has 0 spiro atoms. The SMILES string of the molecule is O=C(C1CCCN1C(=O)c1ccc(Br)s1)N1CCNCC1. The highest BCUT2D eigenvalue weighted by molar-refractivity contribution is 9.11. The van der Waals surface area contributed by atoms with Gasteiger partial charge in [-0.2, -0.15) is 0 Å². The van der Waals surface area contributed by atoms with Gasteiger partial charge in [0.2, 0.25) is 5.91 Å². The summed E-state index contributed by atoms with van der Waals surface area (Å²) in [4.78, 5) is 29.6. The molecular weight excluding hydrogens is 354 g/mol. The Bertz CT molecular complexity index is 542. The zero-order chi connectivity index (χ0) is 14.8. The number of nitrogens with zero attached hydrogens (tertiary/aromatic N) is 2. The second kappa shape index (κ2) is 6.46. The molecule has 2 amide bonds. The minimum Gasteiger partial charge on any atom is -0.338 e. The molecule has 0 radical (unpaired) electrons. The van der Waals surface area contributed by atoms with E-state index in [1.807, 2.05) is 17.0 Å². The number of hydrogen-bond acceptors (Lipinski definition) is 4. The first-order chi connectivity index (χ1) is 10.2. The molecule has 0 aromatic carbocycles. The lowest BCUT2D eigenvalue weighted by atomic mass is 10.1. The average molecular weight is 372 g/mol. The van der Waals surface area contributed by atoms with Gasteiger partial charge in [0.1, 0.15) is 6.04 Å². The maximum atomic E-state index is 12.7. The van der Waals surface area contributed by atoms with Crippen LogP contribution in [0.1, 0.15) is 22.5 Å². The van der Waals surface area contributed by atoms with Crippen molar-refractivity contribution < 1.29 is 9.59 Å². The van der Waals surface area contributed by atoms with Gasteiger partial charge in [-0.1, -0.05) is 0 Å². The minimum absolute atomic E-state index is 0.0170. The summed E-state index contributed by atoms with van der Waals surface area (Å²) < 4.78 is 0.940. The Labute approximate surface area is 136 Å². The predicted octanol–water partition coefficient (Wildman–Crippen LogP) is 1.55. The van der Waals surface area contributed by atoms with Gasteiger partial charge < -0.3 is 15.1 Å². The van der Waals surface area contributed by atoms with Gasteiger partial charge in [0.05, 0.1) is 8.66 Å². The highest BCUT2D eigenvalue weighted by Crippen LogP contribution is 2.27. The molecule has 7 heteroatoms. The largest absolute Gasteiger partial charge is 0.338 e. The Kier molecular flexibility index (Phi) is 4.61. The Hall–Kier alpha value is -0.920. The number of carbonyl (C=O) groups excluding carboxylic acids is 2. The van der Waals surface area contributed by atoms with E-state index in [0.29, 0.717) is 11.4 Å². The van der Waals surface area contributed by atoms with Gasteiger partial charge in [0.15, 0.2) is 0 Å². The van der Waals surface area contributed by atoms with Crippen LogP contribution in [0.3, 0.4) is 0 Å². The number of halogens is 1. The van der Waals surface area contributed by atoms with Crippen molar-refractivity contribution in [3.63, 3.8) is 0 Å². The Balaban J connectivity index is 1.72. The van der Waals surface area contributed by atoms with Crippen molar-refractivity contribution in [3.05, 3.63) is 20.8 Å². The van der Waals surface area contributed by atoms with Crippen molar-refractivity contribution in [2.75, 3.05) is 32.7 Å². The molecule has 0 saturated carbocycles. The second-order valence-corrected chi connectivity index (χ2v) is 7.80. The maximum absolute atomic E-state index is 12.7. The van der Waals surface area contributed by atoms with E-state index in [2.05, 4.69) is 21.2 Å². The molecule has 3 heterocycles. The lowest BCUT2D eigenvalue weighted by Gasteiger charge is -2.32. The molecule has 114 valence electrons. The van der Waals surface area contributed by atoms with Gasteiger partial charge in [-0.05, 0) is 40.9 Å². The number of likely N-dealkylation sites (tertiary alicyclic amines) is 1.